The standard InChI is InChI=1S/C19H31N3O4S.C2HF3O2/c1-17(2)26-16-6-12-22(27(24,25)18-7-4-3-5-8-18)13-9-19(23)21-14-10-20-11-15-21;3-2(4,5)1(6)7/h3-5,7-8,17,20H,6,9-16H2,1-2H3;(H,6,7). The van der Waals surface area contributed by atoms with Gasteiger partial charge in [0.05, 0.1) is 11.0 Å². The Labute approximate surface area is 197 Å². The van der Waals surface area contributed by atoms with E-state index in [0.29, 0.717) is 32.7 Å². The summed E-state index contributed by atoms with van der Waals surface area (Å²) in [5, 5.41) is 10.3. The lowest BCUT2D eigenvalue weighted by atomic mass is 10.3. The van der Waals surface area contributed by atoms with Gasteiger partial charge >= 0.3 is 12.1 Å². The SMILES string of the molecule is CC(C)OCCCN(CCC(=O)N1CCNCC1)S(=O)(=O)c1ccccc1.O=C(O)C(F)(F)F. The van der Waals surface area contributed by atoms with Crippen LogP contribution in [0.25, 0.3) is 0 Å². The number of amides is 1. The molecule has 0 atom stereocenters. The average molecular weight is 512 g/mol. The van der Waals surface area contributed by atoms with E-state index in [1.54, 1.807) is 35.2 Å². The quantitative estimate of drug-likeness (QED) is 0.461. The number of hydrogen-bond acceptors (Lipinski definition) is 6. The van der Waals surface area contributed by atoms with Crippen molar-refractivity contribution in [2.75, 3.05) is 45.9 Å². The number of ether oxygens (including phenoxy) is 1. The van der Waals surface area contributed by atoms with Crippen molar-refractivity contribution in [1.29, 1.82) is 0 Å². The monoisotopic (exact) mass is 511 g/mol. The molecule has 1 amide bonds. The second-order valence-electron chi connectivity index (χ2n) is 7.67. The Kier molecular flexibility index (Phi) is 12.5. The molecule has 1 aliphatic heterocycles. The summed E-state index contributed by atoms with van der Waals surface area (Å²) < 4.78 is 64.7. The summed E-state index contributed by atoms with van der Waals surface area (Å²) in [5.74, 6) is -2.75. The van der Waals surface area contributed by atoms with Gasteiger partial charge in [-0.1, -0.05) is 18.2 Å². The highest BCUT2D eigenvalue weighted by Crippen LogP contribution is 2.17. The van der Waals surface area contributed by atoms with E-state index >= 15 is 0 Å². The maximum atomic E-state index is 13.0. The summed E-state index contributed by atoms with van der Waals surface area (Å²) in [5.41, 5.74) is 0. The van der Waals surface area contributed by atoms with Crippen LogP contribution in [0.15, 0.2) is 35.2 Å². The number of halogens is 3. The fraction of sp³-hybridized carbons (Fsp3) is 0.619. The second kappa shape index (κ2) is 14.2. The van der Waals surface area contributed by atoms with Crippen molar-refractivity contribution in [3.05, 3.63) is 30.3 Å². The first-order chi connectivity index (χ1) is 15.9. The van der Waals surface area contributed by atoms with Gasteiger partial charge in [-0.05, 0) is 32.4 Å². The maximum absolute atomic E-state index is 13.0. The molecule has 0 bridgehead atoms. The van der Waals surface area contributed by atoms with Gasteiger partial charge in [0.1, 0.15) is 0 Å². The summed E-state index contributed by atoms with van der Waals surface area (Å²) in [7, 11) is -3.63. The average Bonchev–Trinajstić information content (AvgIpc) is 2.79. The molecule has 34 heavy (non-hydrogen) atoms. The number of nitrogens with one attached hydrogen (secondary N) is 1. The van der Waals surface area contributed by atoms with Crippen molar-refractivity contribution in [2.24, 2.45) is 0 Å². The van der Waals surface area contributed by atoms with Gasteiger partial charge < -0.3 is 20.1 Å². The lowest BCUT2D eigenvalue weighted by Gasteiger charge is -2.29. The van der Waals surface area contributed by atoms with Crippen molar-refractivity contribution in [3.63, 3.8) is 0 Å². The number of alkyl halides is 3. The molecule has 1 aromatic rings. The Hall–Kier alpha value is -2.22. The Bertz CT molecular complexity index is 860. The second-order valence-corrected chi connectivity index (χ2v) is 9.61. The summed E-state index contributed by atoms with van der Waals surface area (Å²) in [4.78, 5) is 23.4. The Morgan fingerprint density at radius 3 is 2.21 bits per heavy atom. The van der Waals surface area contributed by atoms with Crippen molar-refractivity contribution >= 4 is 21.9 Å². The number of benzene rings is 1. The minimum atomic E-state index is -5.08. The zero-order valence-electron chi connectivity index (χ0n) is 19.3. The highest BCUT2D eigenvalue weighted by molar-refractivity contribution is 7.89. The van der Waals surface area contributed by atoms with Crippen molar-refractivity contribution < 1.29 is 41.0 Å². The smallest absolute Gasteiger partial charge is 0.475 e. The van der Waals surface area contributed by atoms with Crippen LogP contribution >= 0.6 is 0 Å². The summed E-state index contributed by atoms with van der Waals surface area (Å²) in [6.45, 7) is 7.81. The Morgan fingerprint density at radius 2 is 1.71 bits per heavy atom. The summed E-state index contributed by atoms with van der Waals surface area (Å²) >= 11 is 0. The molecule has 2 N–H and O–H groups in total. The van der Waals surface area contributed by atoms with Crippen LogP contribution in [-0.2, 0) is 24.3 Å². The van der Waals surface area contributed by atoms with Gasteiger partial charge in [-0.3, -0.25) is 4.79 Å². The molecule has 1 saturated heterocycles. The van der Waals surface area contributed by atoms with Crippen LogP contribution in [0, 0.1) is 0 Å². The molecule has 13 heteroatoms. The topological polar surface area (TPSA) is 116 Å². The van der Waals surface area contributed by atoms with Crippen LogP contribution in [-0.4, -0.2) is 92.8 Å². The number of aliphatic carboxylic acids is 1. The van der Waals surface area contributed by atoms with Gasteiger partial charge in [0.25, 0.3) is 0 Å². The largest absolute Gasteiger partial charge is 0.490 e. The van der Waals surface area contributed by atoms with Crippen LogP contribution in [0.5, 0.6) is 0 Å². The van der Waals surface area contributed by atoms with E-state index in [2.05, 4.69) is 5.32 Å². The number of hydrogen-bond donors (Lipinski definition) is 2. The third kappa shape index (κ3) is 10.8. The minimum absolute atomic E-state index is 0.00296. The third-order valence-corrected chi connectivity index (χ3v) is 6.58. The fourth-order valence-electron chi connectivity index (χ4n) is 2.95. The highest BCUT2D eigenvalue weighted by atomic mass is 32.2. The zero-order chi connectivity index (χ0) is 25.8. The van der Waals surface area contributed by atoms with E-state index in [1.165, 1.54) is 4.31 Å². The van der Waals surface area contributed by atoms with Crippen molar-refractivity contribution in [1.82, 2.24) is 14.5 Å². The number of carboxylic acid groups (broad SMARTS) is 1. The number of carboxylic acids is 1. The number of sulfonamides is 1. The maximum Gasteiger partial charge on any atom is 0.490 e. The fourth-order valence-corrected chi connectivity index (χ4v) is 4.45. The molecule has 0 aromatic heterocycles. The number of nitrogens with zero attached hydrogens (tertiary/aromatic N) is 2. The zero-order valence-corrected chi connectivity index (χ0v) is 20.1. The van der Waals surface area contributed by atoms with E-state index < -0.39 is 22.2 Å². The summed E-state index contributed by atoms with van der Waals surface area (Å²) in [6.07, 6.45) is -4.19. The molecule has 194 valence electrons. The first-order valence-corrected chi connectivity index (χ1v) is 12.2. The minimum Gasteiger partial charge on any atom is -0.475 e. The van der Waals surface area contributed by atoms with Gasteiger partial charge in [0.15, 0.2) is 0 Å². The molecule has 1 aromatic carbocycles. The van der Waals surface area contributed by atoms with Gasteiger partial charge in [-0.15, -0.1) is 0 Å². The van der Waals surface area contributed by atoms with Crippen LogP contribution < -0.4 is 5.32 Å². The molecule has 0 unspecified atom stereocenters. The molecule has 0 spiro atoms. The highest BCUT2D eigenvalue weighted by Gasteiger charge is 2.38. The first-order valence-electron chi connectivity index (χ1n) is 10.8. The normalized spacial score (nSPS) is 14.6. The predicted octanol–water partition coefficient (Wildman–Crippen LogP) is 1.95. The molecule has 0 radical (unpaired) electrons. The van der Waals surface area contributed by atoms with Crippen LogP contribution in [0.4, 0.5) is 13.2 Å². The van der Waals surface area contributed by atoms with Gasteiger partial charge in [-0.2, -0.15) is 17.5 Å². The molecule has 2 rings (SSSR count). The van der Waals surface area contributed by atoms with E-state index in [4.69, 9.17) is 14.6 Å². The lowest BCUT2D eigenvalue weighted by molar-refractivity contribution is -0.192. The number of carbonyl (C=O) groups excluding carboxylic acids is 1. The van der Waals surface area contributed by atoms with Crippen LogP contribution in [0.3, 0.4) is 0 Å². The van der Waals surface area contributed by atoms with E-state index in [1.807, 2.05) is 13.8 Å². The third-order valence-electron chi connectivity index (χ3n) is 4.67. The molecule has 0 aliphatic carbocycles. The van der Waals surface area contributed by atoms with Crippen LogP contribution in [0.2, 0.25) is 0 Å². The van der Waals surface area contributed by atoms with Gasteiger partial charge in [-0.25, -0.2) is 13.2 Å². The molecular weight excluding hydrogens is 479 g/mol. The lowest BCUT2D eigenvalue weighted by Crippen LogP contribution is -2.47. The molecular formula is C21H32F3N3O6S. The molecule has 0 saturated carbocycles. The number of carbonyl (C=O) groups is 2. The Balaban J connectivity index is 0.000000718. The number of piperazine rings is 1. The van der Waals surface area contributed by atoms with Gasteiger partial charge in [0, 0.05) is 52.3 Å². The molecule has 1 aliphatic rings. The molecule has 1 heterocycles. The van der Waals surface area contributed by atoms with Crippen molar-refractivity contribution in [3.8, 4) is 0 Å². The molecule has 1 fully saturated rings. The summed E-state index contributed by atoms with van der Waals surface area (Å²) in [6, 6.07) is 8.38. The number of rotatable bonds is 10. The van der Waals surface area contributed by atoms with Crippen molar-refractivity contribution in [2.45, 2.75) is 43.9 Å². The van der Waals surface area contributed by atoms with E-state index in [-0.39, 0.29) is 29.9 Å². The van der Waals surface area contributed by atoms with Crippen LogP contribution in [0.1, 0.15) is 26.7 Å². The van der Waals surface area contributed by atoms with E-state index in [9.17, 15) is 26.4 Å². The first kappa shape index (κ1) is 29.8. The Morgan fingerprint density at radius 1 is 1.15 bits per heavy atom. The molecule has 9 nitrogen and oxygen atoms in total. The van der Waals surface area contributed by atoms with E-state index in [0.717, 1.165) is 13.1 Å². The van der Waals surface area contributed by atoms with Gasteiger partial charge in [0.2, 0.25) is 15.9 Å². The predicted molar refractivity (Wildman–Crippen MR) is 119 cm³/mol.